The number of nitrogens with zero attached hydrogens (tertiary/aromatic N) is 3. The first-order chi connectivity index (χ1) is 10.4. The lowest BCUT2D eigenvalue weighted by Crippen LogP contribution is -2.46. The van der Waals surface area contributed by atoms with Crippen molar-refractivity contribution in [1.82, 2.24) is 20.4 Å². The van der Waals surface area contributed by atoms with Gasteiger partial charge in [-0.15, -0.1) is 0 Å². The zero-order valence-corrected chi connectivity index (χ0v) is 14.2. The van der Waals surface area contributed by atoms with Gasteiger partial charge in [0.25, 0.3) is 0 Å². The molecule has 1 aliphatic heterocycles. The van der Waals surface area contributed by atoms with E-state index in [1.807, 2.05) is 11.9 Å². The van der Waals surface area contributed by atoms with Crippen LogP contribution in [0.2, 0.25) is 0 Å². The molecule has 0 radical (unpaired) electrons. The van der Waals surface area contributed by atoms with E-state index in [0.29, 0.717) is 24.8 Å². The van der Waals surface area contributed by atoms with E-state index in [4.69, 9.17) is 4.52 Å². The minimum atomic E-state index is -0.104. The molecule has 1 aromatic heterocycles. The number of carbonyl (C=O) groups excluding carboxylic acids is 1. The van der Waals surface area contributed by atoms with E-state index in [1.165, 1.54) is 0 Å². The fourth-order valence-electron chi connectivity index (χ4n) is 2.65. The van der Waals surface area contributed by atoms with E-state index < -0.39 is 0 Å². The monoisotopic (exact) mass is 308 g/mol. The van der Waals surface area contributed by atoms with Crippen molar-refractivity contribution in [2.75, 3.05) is 20.1 Å². The summed E-state index contributed by atoms with van der Waals surface area (Å²) in [6.45, 7) is 7.87. The summed E-state index contributed by atoms with van der Waals surface area (Å²) >= 11 is 0. The van der Waals surface area contributed by atoms with E-state index in [1.54, 1.807) is 0 Å². The molecule has 1 aliphatic rings. The second-order valence-corrected chi connectivity index (χ2v) is 7.08. The Morgan fingerprint density at radius 2 is 2.23 bits per heavy atom. The van der Waals surface area contributed by atoms with Crippen LogP contribution in [0.15, 0.2) is 4.52 Å². The third kappa shape index (κ3) is 4.53. The van der Waals surface area contributed by atoms with Gasteiger partial charge in [0.15, 0.2) is 5.82 Å². The number of aryl methyl sites for hydroxylation is 1. The van der Waals surface area contributed by atoms with Crippen LogP contribution < -0.4 is 5.32 Å². The summed E-state index contributed by atoms with van der Waals surface area (Å²) in [6.07, 6.45) is 4.20. The van der Waals surface area contributed by atoms with Gasteiger partial charge in [-0.25, -0.2) is 0 Å². The number of likely N-dealkylation sites (tertiary alicyclic amines) is 1. The Bertz CT molecular complexity index is 493. The zero-order valence-electron chi connectivity index (χ0n) is 14.2. The summed E-state index contributed by atoms with van der Waals surface area (Å²) in [7, 11) is 1.96. The molecule has 1 saturated heterocycles. The molecule has 2 heterocycles. The number of nitrogens with one attached hydrogen (secondary N) is 1. The van der Waals surface area contributed by atoms with Crippen molar-refractivity contribution in [2.24, 2.45) is 0 Å². The van der Waals surface area contributed by atoms with Crippen molar-refractivity contribution in [2.45, 2.75) is 64.3 Å². The van der Waals surface area contributed by atoms with Gasteiger partial charge in [-0.1, -0.05) is 25.9 Å². The quantitative estimate of drug-likeness (QED) is 0.899. The largest absolute Gasteiger partial charge is 0.341 e. The molecular weight excluding hydrogens is 280 g/mol. The van der Waals surface area contributed by atoms with Crippen LogP contribution >= 0.6 is 0 Å². The van der Waals surface area contributed by atoms with E-state index >= 15 is 0 Å². The molecule has 0 saturated carbocycles. The van der Waals surface area contributed by atoms with Crippen LogP contribution in [0.1, 0.15) is 58.2 Å². The Labute approximate surface area is 132 Å². The maximum Gasteiger partial charge on any atom is 0.226 e. The number of aromatic nitrogens is 2. The summed E-state index contributed by atoms with van der Waals surface area (Å²) < 4.78 is 5.26. The highest BCUT2D eigenvalue weighted by molar-refractivity contribution is 5.76. The average Bonchev–Trinajstić information content (AvgIpc) is 2.96. The molecule has 1 fully saturated rings. The fourth-order valence-corrected chi connectivity index (χ4v) is 2.65. The number of rotatable bonds is 5. The summed E-state index contributed by atoms with van der Waals surface area (Å²) in [6, 6.07) is 0.433. The Balaban J connectivity index is 1.76. The zero-order chi connectivity index (χ0) is 16.2. The molecule has 1 amide bonds. The number of amides is 1. The predicted octanol–water partition coefficient (Wildman–Crippen LogP) is 1.90. The second-order valence-electron chi connectivity index (χ2n) is 7.08. The third-order valence-corrected chi connectivity index (χ3v) is 4.10. The standard InChI is InChI=1S/C16H28N4O2/c1-16(2,3)15-18-13(22-19-15)8-5-9-14(21)20-10-6-7-12(11-20)17-4/h12,17H,5-11H2,1-4H3. The SMILES string of the molecule is CNC1CCCN(C(=O)CCCc2nc(C(C)(C)C)no2)C1. The molecule has 124 valence electrons. The molecule has 1 aromatic rings. The molecule has 1 unspecified atom stereocenters. The molecule has 1 atom stereocenters. The van der Waals surface area contributed by atoms with Crippen LogP contribution in [0, 0.1) is 0 Å². The maximum atomic E-state index is 12.2. The molecule has 22 heavy (non-hydrogen) atoms. The van der Waals surface area contributed by atoms with Crippen LogP contribution in [-0.2, 0) is 16.6 Å². The highest BCUT2D eigenvalue weighted by atomic mass is 16.5. The molecule has 1 N–H and O–H groups in total. The van der Waals surface area contributed by atoms with Gasteiger partial charge >= 0.3 is 0 Å². The highest BCUT2D eigenvalue weighted by Gasteiger charge is 2.23. The van der Waals surface area contributed by atoms with Gasteiger partial charge in [0, 0.05) is 37.4 Å². The smallest absolute Gasteiger partial charge is 0.226 e. The number of piperidine rings is 1. The lowest BCUT2D eigenvalue weighted by Gasteiger charge is -2.32. The lowest BCUT2D eigenvalue weighted by molar-refractivity contribution is -0.132. The predicted molar refractivity (Wildman–Crippen MR) is 84.6 cm³/mol. The summed E-state index contributed by atoms with van der Waals surface area (Å²) in [5.74, 6) is 1.58. The number of hydrogen-bond donors (Lipinski definition) is 1. The van der Waals surface area contributed by atoms with Crippen molar-refractivity contribution < 1.29 is 9.32 Å². The number of hydrogen-bond acceptors (Lipinski definition) is 5. The van der Waals surface area contributed by atoms with Crippen LogP contribution in [-0.4, -0.2) is 47.1 Å². The highest BCUT2D eigenvalue weighted by Crippen LogP contribution is 2.19. The molecule has 6 nitrogen and oxygen atoms in total. The van der Waals surface area contributed by atoms with Gasteiger partial charge in [-0.3, -0.25) is 4.79 Å². The van der Waals surface area contributed by atoms with E-state index in [-0.39, 0.29) is 11.3 Å². The van der Waals surface area contributed by atoms with E-state index in [9.17, 15) is 4.79 Å². The van der Waals surface area contributed by atoms with Crippen molar-refractivity contribution in [3.05, 3.63) is 11.7 Å². The second kappa shape index (κ2) is 7.22. The van der Waals surface area contributed by atoms with Crippen molar-refractivity contribution in [3.63, 3.8) is 0 Å². The Morgan fingerprint density at radius 1 is 1.45 bits per heavy atom. The first-order valence-electron chi connectivity index (χ1n) is 8.18. The third-order valence-electron chi connectivity index (χ3n) is 4.10. The van der Waals surface area contributed by atoms with E-state index in [2.05, 4.69) is 36.2 Å². The normalized spacial score (nSPS) is 19.5. The van der Waals surface area contributed by atoms with Crippen molar-refractivity contribution >= 4 is 5.91 Å². The molecule has 0 aromatic carbocycles. The van der Waals surface area contributed by atoms with Crippen LogP contribution in [0.5, 0.6) is 0 Å². The van der Waals surface area contributed by atoms with Crippen LogP contribution in [0.4, 0.5) is 0 Å². The Hall–Kier alpha value is -1.43. The molecule has 0 spiro atoms. The molecular formula is C16H28N4O2. The summed E-state index contributed by atoms with van der Waals surface area (Å²) in [5, 5.41) is 7.27. The van der Waals surface area contributed by atoms with E-state index in [0.717, 1.165) is 38.2 Å². The van der Waals surface area contributed by atoms with Gasteiger partial charge in [0.1, 0.15) is 0 Å². The maximum absolute atomic E-state index is 12.2. The summed E-state index contributed by atoms with van der Waals surface area (Å²) in [4.78, 5) is 18.6. The first kappa shape index (κ1) is 16.9. The van der Waals surface area contributed by atoms with Gasteiger partial charge in [0.05, 0.1) is 0 Å². The first-order valence-corrected chi connectivity index (χ1v) is 8.18. The topological polar surface area (TPSA) is 71.3 Å². The van der Waals surface area contributed by atoms with Gasteiger partial charge < -0.3 is 14.7 Å². The fraction of sp³-hybridized carbons (Fsp3) is 0.812. The van der Waals surface area contributed by atoms with Crippen LogP contribution in [0.3, 0.4) is 0 Å². The van der Waals surface area contributed by atoms with Gasteiger partial charge in [-0.05, 0) is 26.3 Å². The Kier molecular flexibility index (Phi) is 5.56. The van der Waals surface area contributed by atoms with Crippen molar-refractivity contribution in [3.8, 4) is 0 Å². The number of likely N-dealkylation sites (N-methyl/N-ethyl adjacent to an activating group) is 1. The molecule has 0 bridgehead atoms. The molecule has 6 heteroatoms. The Morgan fingerprint density at radius 3 is 2.86 bits per heavy atom. The average molecular weight is 308 g/mol. The summed E-state index contributed by atoms with van der Waals surface area (Å²) in [5.41, 5.74) is -0.104. The van der Waals surface area contributed by atoms with Crippen LogP contribution in [0.25, 0.3) is 0 Å². The minimum absolute atomic E-state index is 0.104. The minimum Gasteiger partial charge on any atom is -0.341 e. The molecule has 0 aliphatic carbocycles. The van der Waals surface area contributed by atoms with Gasteiger partial charge in [-0.2, -0.15) is 4.98 Å². The lowest BCUT2D eigenvalue weighted by atomic mass is 9.96. The number of carbonyl (C=O) groups is 1. The van der Waals surface area contributed by atoms with Crippen molar-refractivity contribution in [1.29, 1.82) is 0 Å². The molecule has 2 rings (SSSR count). The van der Waals surface area contributed by atoms with Gasteiger partial charge in [0.2, 0.25) is 11.8 Å².